The highest BCUT2D eigenvalue weighted by molar-refractivity contribution is 5.94. The molecule has 0 spiro atoms. The SMILES string of the molecule is COc1cc(C2CC(=O)Nc3c2c(=O)n(C)c2ncnn32)cc(OC)c1OC. The number of anilines is 1. The maximum Gasteiger partial charge on any atom is 0.260 e. The van der Waals surface area contributed by atoms with Gasteiger partial charge >= 0.3 is 0 Å². The Morgan fingerprint density at radius 1 is 1.11 bits per heavy atom. The van der Waals surface area contributed by atoms with E-state index in [0.29, 0.717) is 40.0 Å². The summed E-state index contributed by atoms with van der Waals surface area (Å²) in [5.41, 5.74) is 0.866. The third-order valence-corrected chi connectivity index (χ3v) is 4.92. The molecule has 1 N–H and O–H groups in total. The first-order chi connectivity index (χ1) is 13.5. The van der Waals surface area contributed by atoms with Gasteiger partial charge in [0.05, 0.1) is 26.9 Å². The highest BCUT2D eigenvalue weighted by Gasteiger charge is 2.34. The van der Waals surface area contributed by atoms with E-state index < -0.39 is 5.92 Å². The molecule has 1 aliphatic rings. The number of hydrogen-bond donors (Lipinski definition) is 1. The summed E-state index contributed by atoms with van der Waals surface area (Å²) < 4.78 is 19.1. The molecular weight excluding hydrogens is 366 g/mol. The molecular formula is C18H19N5O5. The van der Waals surface area contributed by atoms with Gasteiger partial charge in [0.2, 0.25) is 17.4 Å². The lowest BCUT2D eigenvalue weighted by molar-refractivity contribution is -0.116. The summed E-state index contributed by atoms with van der Waals surface area (Å²) in [7, 11) is 6.16. The molecule has 0 radical (unpaired) electrons. The van der Waals surface area contributed by atoms with E-state index in [0.717, 1.165) is 0 Å². The molecule has 1 unspecified atom stereocenters. The number of carbonyl (C=O) groups is 1. The number of amides is 1. The summed E-state index contributed by atoms with van der Waals surface area (Å²) in [4.78, 5) is 29.6. The first-order valence-corrected chi connectivity index (χ1v) is 8.52. The maximum absolute atomic E-state index is 13.1. The minimum atomic E-state index is -0.509. The number of rotatable bonds is 4. The van der Waals surface area contributed by atoms with E-state index in [-0.39, 0.29) is 17.9 Å². The first-order valence-electron chi connectivity index (χ1n) is 8.52. The third kappa shape index (κ3) is 2.48. The van der Waals surface area contributed by atoms with E-state index in [4.69, 9.17) is 14.2 Å². The van der Waals surface area contributed by atoms with Crippen molar-refractivity contribution in [3.63, 3.8) is 0 Å². The Kier molecular flexibility index (Phi) is 4.17. The van der Waals surface area contributed by atoms with Crippen LogP contribution in [-0.4, -0.2) is 46.4 Å². The number of nitrogens with one attached hydrogen (secondary N) is 1. The zero-order chi connectivity index (χ0) is 20.0. The van der Waals surface area contributed by atoms with E-state index in [1.165, 1.54) is 36.7 Å². The van der Waals surface area contributed by atoms with Crippen molar-refractivity contribution in [1.82, 2.24) is 19.2 Å². The van der Waals surface area contributed by atoms with Crippen molar-refractivity contribution >= 4 is 17.5 Å². The van der Waals surface area contributed by atoms with E-state index in [1.54, 1.807) is 19.2 Å². The van der Waals surface area contributed by atoms with Gasteiger partial charge in [0.1, 0.15) is 12.1 Å². The van der Waals surface area contributed by atoms with Gasteiger partial charge in [-0.3, -0.25) is 14.2 Å². The third-order valence-electron chi connectivity index (χ3n) is 4.92. The molecule has 3 heterocycles. The second-order valence-electron chi connectivity index (χ2n) is 6.36. The van der Waals surface area contributed by atoms with Gasteiger partial charge in [-0.2, -0.15) is 14.6 Å². The van der Waals surface area contributed by atoms with Crippen LogP contribution >= 0.6 is 0 Å². The summed E-state index contributed by atoms with van der Waals surface area (Å²) in [6, 6.07) is 3.50. The van der Waals surface area contributed by atoms with Crippen molar-refractivity contribution in [3.05, 3.63) is 39.9 Å². The Morgan fingerprint density at radius 3 is 2.39 bits per heavy atom. The van der Waals surface area contributed by atoms with Gasteiger partial charge in [-0.05, 0) is 17.7 Å². The van der Waals surface area contributed by atoms with Gasteiger partial charge in [-0.25, -0.2) is 0 Å². The lowest BCUT2D eigenvalue weighted by atomic mass is 9.86. The first kappa shape index (κ1) is 17.8. The Balaban J connectivity index is 2.00. The standard InChI is InChI=1S/C18H19N5O5/c1-22-17(25)14-10(7-13(24)21-16(14)23-18(22)19-8-20-23)9-5-11(26-2)15(28-4)12(6-9)27-3/h5-6,8,10H,7H2,1-4H3,(H,21,24). The smallest absolute Gasteiger partial charge is 0.260 e. The summed E-state index contributed by atoms with van der Waals surface area (Å²) in [5, 5.41) is 6.91. The van der Waals surface area contributed by atoms with Crippen molar-refractivity contribution in [2.75, 3.05) is 26.6 Å². The second-order valence-corrected chi connectivity index (χ2v) is 6.36. The number of benzene rings is 1. The fourth-order valence-electron chi connectivity index (χ4n) is 3.60. The van der Waals surface area contributed by atoms with Crippen LogP contribution < -0.4 is 25.1 Å². The van der Waals surface area contributed by atoms with Crippen LogP contribution in [0.15, 0.2) is 23.3 Å². The van der Waals surface area contributed by atoms with Gasteiger partial charge in [0, 0.05) is 19.4 Å². The van der Waals surface area contributed by atoms with Crippen molar-refractivity contribution in [2.45, 2.75) is 12.3 Å². The van der Waals surface area contributed by atoms with Gasteiger partial charge in [-0.1, -0.05) is 0 Å². The molecule has 1 aliphatic heterocycles. The highest BCUT2D eigenvalue weighted by Crippen LogP contribution is 2.43. The van der Waals surface area contributed by atoms with Crippen molar-refractivity contribution in [3.8, 4) is 17.2 Å². The minimum Gasteiger partial charge on any atom is -0.493 e. The molecule has 4 rings (SSSR count). The van der Waals surface area contributed by atoms with Crippen molar-refractivity contribution in [1.29, 1.82) is 0 Å². The fraction of sp³-hybridized carbons (Fsp3) is 0.333. The lowest BCUT2D eigenvalue weighted by Gasteiger charge is -2.27. The fourth-order valence-corrected chi connectivity index (χ4v) is 3.60. The number of nitrogens with zero attached hydrogens (tertiary/aromatic N) is 4. The van der Waals surface area contributed by atoms with Crippen LogP contribution in [0, 0.1) is 0 Å². The van der Waals surface area contributed by atoms with E-state index in [2.05, 4.69) is 15.4 Å². The maximum atomic E-state index is 13.1. The van der Waals surface area contributed by atoms with Crippen LogP contribution in [-0.2, 0) is 11.8 Å². The molecule has 0 fully saturated rings. The molecule has 1 amide bonds. The van der Waals surface area contributed by atoms with Crippen LogP contribution in [0.4, 0.5) is 5.82 Å². The number of aryl methyl sites for hydroxylation is 1. The van der Waals surface area contributed by atoms with Crippen LogP contribution in [0.3, 0.4) is 0 Å². The predicted molar refractivity (Wildman–Crippen MR) is 99.4 cm³/mol. The Labute approximate surface area is 159 Å². The van der Waals surface area contributed by atoms with Crippen LogP contribution in [0.25, 0.3) is 5.78 Å². The molecule has 0 saturated carbocycles. The number of ether oxygens (including phenoxy) is 3. The average Bonchev–Trinajstić information content (AvgIpc) is 3.20. The molecule has 0 bridgehead atoms. The average molecular weight is 385 g/mol. The van der Waals surface area contributed by atoms with Crippen molar-refractivity contribution in [2.24, 2.45) is 7.05 Å². The van der Waals surface area contributed by atoms with Gasteiger partial charge in [-0.15, -0.1) is 0 Å². The zero-order valence-electron chi connectivity index (χ0n) is 15.8. The Bertz CT molecular complexity index is 1120. The molecule has 3 aromatic rings. The number of aromatic nitrogens is 4. The number of fused-ring (bicyclic) bond motifs is 3. The van der Waals surface area contributed by atoms with E-state index in [1.807, 2.05) is 0 Å². The second kappa shape index (κ2) is 6.55. The van der Waals surface area contributed by atoms with E-state index in [9.17, 15) is 9.59 Å². The highest BCUT2D eigenvalue weighted by atomic mass is 16.5. The van der Waals surface area contributed by atoms with Gasteiger partial charge < -0.3 is 19.5 Å². The van der Waals surface area contributed by atoms with Crippen LogP contribution in [0.2, 0.25) is 0 Å². The molecule has 146 valence electrons. The summed E-state index contributed by atoms with van der Waals surface area (Å²) >= 11 is 0. The normalized spacial score (nSPS) is 15.9. The number of carbonyl (C=O) groups excluding carboxylic acids is 1. The summed E-state index contributed by atoms with van der Waals surface area (Å²) in [5.74, 6) is 1.26. The topological polar surface area (TPSA) is 109 Å². The zero-order valence-corrected chi connectivity index (χ0v) is 15.8. The molecule has 28 heavy (non-hydrogen) atoms. The van der Waals surface area contributed by atoms with Crippen LogP contribution in [0.1, 0.15) is 23.5 Å². The quantitative estimate of drug-likeness (QED) is 0.711. The number of hydrogen-bond acceptors (Lipinski definition) is 7. The predicted octanol–water partition coefficient (Wildman–Crippen LogP) is 0.928. The molecule has 2 aromatic heterocycles. The van der Waals surface area contributed by atoms with Crippen molar-refractivity contribution < 1.29 is 19.0 Å². The summed E-state index contributed by atoms with van der Waals surface area (Å²) in [6.07, 6.45) is 1.44. The molecule has 0 saturated heterocycles. The molecule has 10 nitrogen and oxygen atoms in total. The molecule has 0 aliphatic carbocycles. The molecule has 1 atom stereocenters. The molecule has 10 heteroatoms. The summed E-state index contributed by atoms with van der Waals surface area (Å²) in [6.45, 7) is 0. The largest absolute Gasteiger partial charge is 0.493 e. The monoisotopic (exact) mass is 385 g/mol. The Morgan fingerprint density at radius 2 is 1.79 bits per heavy atom. The Hall–Kier alpha value is -3.56. The van der Waals surface area contributed by atoms with Crippen LogP contribution in [0.5, 0.6) is 17.2 Å². The van der Waals surface area contributed by atoms with Gasteiger partial charge in [0.15, 0.2) is 11.5 Å². The molecule has 1 aromatic carbocycles. The van der Waals surface area contributed by atoms with E-state index >= 15 is 0 Å². The minimum absolute atomic E-state index is 0.0983. The van der Waals surface area contributed by atoms with Gasteiger partial charge in [0.25, 0.3) is 5.56 Å². The lowest BCUT2D eigenvalue weighted by Crippen LogP contribution is -2.35. The number of methoxy groups -OCH3 is 3.